The summed E-state index contributed by atoms with van der Waals surface area (Å²) in [5.74, 6) is 0. The molecule has 118 valence electrons. The zero-order chi connectivity index (χ0) is 14.9. The standard InChI is InChI=1S/C17H28N2OS/c1-4-20-16-11-15(17(16)8-6-9-17)18-12-13(19(2)3)14-7-5-10-21-14/h5,7,10,13,15-16,18H,4,6,8-9,11-12H2,1-3H3. The lowest BCUT2D eigenvalue weighted by Gasteiger charge is -2.61. The molecule has 2 fully saturated rings. The topological polar surface area (TPSA) is 24.5 Å². The molecule has 1 aromatic rings. The Morgan fingerprint density at radius 2 is 2.29 bits per heavy atom. The second-order valence-corrected chi connectivity index (χ2v) is 7.70. The molecule has 0 amide bonds. The fraction of sp³-hybridized carbons (Fsp3) is 0.765. The van der Waals surface area contributed by atoms with Gasteiger partial charge in [0, 0.05) is 29.5 Å². The first-order valence-electron chi connectivity index (χ1n) is 8.22. The van der Waals surface area contributed by atoms with Crippen molar-refractivity contribution in [3.8, 4) is 0 Å². The Morgan fingerprint density at radius 1 is 1.48 bits per heavy atom. The van der Waals surface area contributed by atoms with E-state index in [9.17, 15) is 0 Å². The molecule has 3 rings (SSSR count). The zero-order valence-corrected chi connectivity index (χ0v) is 14.3. The van der Waals surface area contributed by atoms with E-state index in [0.717, 1.165) is 13.2 Å². The van der Waals surface area contributed by atoms with E-state index in [2.05, 4.69) is 48.7 Å². The Labute approximate surface area is 132 Å². The van der Waals surface area contributed by atoms with E-state index in [1.54, 1.807) is 0 Å². The van der Waals surface area contributed by atoms with Crippen LogP contribution < -0.4 is 5.32 Å². The summed E-state index contributed by atoms with van der Waals surface area (Å²) in [6.07, 6.45) is 5.78. The summed E-state index contributed by atoms with van der Waals surface area (Å²) in [5.41, 5.74) is 0.461. The van der Waals surface area contributed by atoms with Crippen molar-refractivity contribution >= 4 is 11.3 Å². The van der Waals surface area contributed by atoms with Gasteiger partial charge in [-0.05, 0) is 51.7 Å². The van der Waals surface area contributed by atoms with E-state index in [1.165, 1.54) is 30.6 Å². The molecule has 4 heteroatoms. The van der Waals surface area contributed by atoms with Crippen molar-refractivity contribution in [2.45, 2.75) is 50.8 Å². The Kier molecular flexibility index (Phi) is 4.69. The molecule has 3 atom stereocenters. The number of ether oxygens (including phenoxy) is 1. The Bertz CT molecular complexity index is 442. The van der Waals surface area contributed by atoms with Crippen molar-refractivity contribution in [3.63, 3.8) is 0 Å². The summed E-state index contributed by atoms with van der Waals surface area (Å²) >= 11 is 1.86. The first-order valence-corrected chi connectivity index (χ1v) is 9.10. The van der Waals surface area contributed by atoms with Crippen molar-refractivity contribution in [1.82, 2.24) is 10.2 Å². The fourth-order valence-electron chi connectivity index (χ4n) is 4.00. The van der Waals surface area contributed by atoms with Gasteiger partial charge in [0.2, 0.25) is 0 Å². The van der Waals surface area contributed by atoms with E-state index < -0.39 is 0 Å². The van der Waals surface area contributed by atoms with Gasteiger partial charge in [-0.3, -0.25) is 0 Å². The van der Waals surface area contributed by atoms with Crippen LogP contribution in [0.5, 0.6) is 0 Å². The van der Waals surface area contributed by atoms with Crippen LogP contribution in [0.4, 0.5) is 0 Å². The van der Waals surface area contributed by atoms with E-state index in [1.807, 2.05) is 11.3 Å². The molecule has 3 nitrogen and oxygen atoms in total. The zero-order valence-electron chi connectivity index (χ0n) is 13.5. The van der Waals surface area contributed by atoms with Crippen LogP contribution in [0.15, 0.2) is 17.5 Å². The maximum absolute atomic E-state index is 5.94. The molecule has 2 saturated carbocycles. The monoisotopic (exact) mass is 308 g/mol. The molecule has 0 aliphatic heterocycles. The molecule has 3 unspecified atom stereocenters. The van der Waals surface area contributed by atoms with Gasteiger partial charge >= 0.3 is 0 Å². The molecule has 1 aromatic heterocycles. The normalized spacial score (nSPS) is 28.4. The van der Waals surface area contributed by atoms with Crippen LogP contribution >= 0.6 is 11.3 Å². The van der Waals surface area contributed by atoms with Gasteiger partial charge in [-0.2, -0.15) is 0 Å². The molecule has 2 aliphatic rings. The summed E-state index contributed by atoms with van der Waals surface area (Å²) in [4.78, 5) is 3.78. The predicted molar refractivity (Wildman–Crippen MR) is 88.9 cm³/mol. The molecule has 0 bridgehead atoms. The molecule has 21 heavy (non-hydrogen) atoms. The lowest BCUT2D eigenvalue weighted by molar-refractivity contribution is -0.173. The van der Waals surface area contributed by atoms with Gasteiger partial charge in [0.05, 0.1) is 12.1 Å². The summed E-state index contributed by atoms with van der Waals surface area (Å²) in [5, 5.41) is 6.03. The largest absolute Gasteiger partial charge is 0.378 e. The van der Waals surface area contributed by atoms with Crippen LogP contribution in [0.2, 0.25) is 0 Å². The van der Waals surface area contributed by atoms with Crippen LogP contribution in [-0.2, 0) is 4.74 Å². The van der Waals surface area contributed by atoms with Crippen LogP contribution in [0.25, 0.3) is 0 Å². The van der Waals surface area contributed by atoms with Crippen molar-refractivity contribution in [3.05, 3.63) is 22.4 Å². The fourth-order valence-corrected chi connectivity index (χ4v) is 4.92. The van der Waals surface area contributed by atoms with Crippen molar-refractivity contribution in [2.75, 3.05) is 27.2 Å². The highest BCUT2D eigenvalue weighted by molar-refractivity contribution is 7.10. The number of nitrogens with one attached hydrogen (secondary N) is 1. The Hall–Kier alpha value is -0.420. The minimum Gasteiger partial charge on any atom is -0.378 e. The van der Waals surface area contributed by atoms with E-state index in [-0.39, 0.29) is 0 Å². The second-order valence-electron chi connectivity index (χ2n) is 6.72. The molecule has 0 aromatic carbocycles. The minimum atomic E-state index is 0.461. The third-order valence-corrected chi connectivity index (χ3v) is 6.46. The maximum Gasteiger partial charge on any atom is 0.0661 e. The molecule has 1 N–H and O–H groups in total. The highest BCUT2D eigenvalue weighted by Gasteiger charge is 2.58. The van der Waals surface area contributed by atoms with Gasteiger partial charge in [-0.1, -0.05) is 12.5 Å². The van der Waals surface area contributed by atoms with Gasteiger partial charge in [0.15, 0.2) is 0 Å². The molecule has 0 saturated heterocycles. The van der Waals surface area contributed by atoms with Gasteiger partial charge in [0.1, 0.15) is 0 Å². The Morgan fingerprint density at radius 3 is 2.81 bits per heavy atom. The van der Waals surface area contributed by atoms with Crippen molar-refractivity contribution in [1.29, 1.82) is 0 Å². The number of nitrogens with zero attached hydrogens (tertiary/aromatic N) is 1. The van der Waals surface area contributed by atoms with Crippen LogP contribution in [0, 0.1) is 5.41 Å². The van der Waals surface area contributed by atoms with Gasteiger partial charge < -0.3 is 15.0 Å². The Balaban J connectivity index is 1.57. The number of hydrogen-bond donors (Lipinski definition) is 1. The molecule has 0 radical (unpaired) electrons. The highest BCUT2D eigenvalue weighted by atomic mass is 32.1. The van der Waals surface area contributed by atoms with Crippen LogP contribution in [-0.4, -0.2) is 44.3 Å². The maximum atomic E-state index is 5.94. The molecular weight excluding hydrogens is 280 g/mol. The lowest BCUT2D eigenvalue weighted by Crippen LogP contribution is -2.67. The average molecular weight is 308 g/mol. The quantitative estimate of drug-likeness (QED) is 0.836. The smallest absolute Gasteiger partial charge is 0.0661 e. The molecule has 1 spiro atoms. The lowest BCUT2D eigenvalue weighted by atomic mass is 9.51. The van der Waals surface area contributed by atoms with Gasteiger partial charge in [0.25, 0.3) is 0 Å². The van der Waals surface area contributed by atoms with E-state index in [4.69, 9.17) is 4.74 Å². The summed E-state index contributed by atoms with van der Waals surface area (Å²) in [7, 11) is 4.35. The summed E-state index contributed by atoms with van der Waals surface area (Å²) in [6.45, 7) is 4.01. The summed E-state index contributed by atoms with van der Waals surface area (Å²) in [6, 6.07) is 5.54. The molecular formula is C17H28N2OS. The second kappa shape index (κ2) is 6.37. The highest BCUT2D eigenvalue weighted by Crippen LogP contribution is 2.57. The average Bonchev–Trinajstić information content (AvgIpc) is 2.88. The van der Waals surface area contributed by atoms with Crippen molar-refractivity contribution in [2.24, 2.45) is 5.41 Å². The van der Waals surface area contributed by atoms with Crippen LogP contribution in [0.3, 0.4) is 0 Å². The number of likely N-dealkylation sites (N-methyl/N-ethyl adjacent to an activating group) is 1. The van der Waals surface area contributed by atoms with E-state index in [0.29, 0.717) is 23.6 Å². The first kappa shape index (κ1) is 15.5. The number of rotatable bonds is 7. The van der Waals surface area contributed by atoms with Gasteiger partial charge in [-0.25, -0.2) is 0 Å². The third kappa shape index (κ3) is 2.79. The SMILES string of the molecule is CCOC1CC(NCC(c2cccs2)N(C)C)C12CCC2. The van der Waals surface area contributed by atoms with Crippen molar-refractivity contribution < 1.29 is 4.74 Å². The minimum absolute atomic E-state index is 0.461. The summed E-state index contributed by atoms with van der Waals surface area (Å²) < 4.78 is 5.94. The van der Waals surface area contributed by atoms with E-state index >= 15 is 0 Å². The van der Waals surface area contributed by atoms with Gasteiger partial charge in [-0.15, -0.1) is 11.3 Å². The van der Waals surface area contributed by atoms with Crippen LogP contribution in [0.1, 0.15) is 43.5 Å². The number of thiophene rings is 1. The first-order chi connectivity index (χ1) is 10.2. The molecule has 1 heterocycles. The molecule has 2 aliphatic carbocycles. The third-order valence-electron chi connectivity index (χ3n) is 5.49. The predicted octanol–water partition coefficient (Wildman–Crippen LogP) is 3.29. The number of hydrogen-bond acceptors (Lipinski definition) is 4.